The fraction of sp³-hybridized carbons (Fsp3) is 0.625. The third kappa shape index (κ3) is 2.35. The van der Waals surface area contributed by atoms with Crippen LogP contribution in [0.25, 0.3) is 0 Å². The van der Waals surface area contributed by atoms with E-state index >= 15 is 0 Å². The zero-order chi connectivity index (χ0) is 8.10. The summed E-state index contributed by atoms with van der Waals surface area (Å²) in [4.78, 5) is 4.11. The van der Waals surface area contributed by atoms with E-state index in [1.165, 1.54) is 0 Å². The zero-order valence-corrected chi connectivity index (χ0v) is 6.58. The van der Waals surface area contributed by atoms with Gasteiger partial charge in [0.05, 0.1) is 6.54 Å². The summed E-state index contributed by atoms with van der Waals surface area (Å²) in [6.45, 7) is 5.24. The number of nitrogens with zero attached hydrogens (tertiary/aromatic N) is 1. The van der Waals surface area contributed by atoms with Crippen molar-refractivity contribution < 1.29 is 5.11 Å². The van der Waals surface area contributed by atoms with E-state index in [4.69, 9.17) is 0 Å². The van der Waals surface area contributed by atoms with Crippen LogP contribution in [0.15, 0.2) is 17.6 Å². The number of nitrogens with one attached hydrogen (secondary N) is 1. The largest absolute Gasteiger partial charge is 0.385 e. The Morgan fingerprint density at radius 2 is 2.64 bits per heavy atom. The highest BCUT2D eigenvalue weighted by Gasteiger charge is 2.13. The molecule has 2 N–H and O–H groups in total. The van der Waals surface area contributed by atoms with E-state index in [9.17, 15) is 5.11 Å². The number of aliphatic hydroxyl groups is 1. The second kappa shape index (κ2) is 4.13. The Hall–Kier alpha value is -0.830. The number of aliphatic hydroxyl groups excluding tert-OH is 1. The van der Waals surface area contributed by atoms with Crippen LogP contribution in [0.5, 0.6) is 0 Å². The molecule has 1 rings (SSSR count). The second-order valence-electron chi connectivity index (χ2n) is 2.58. The van der Waals surface area contributed by atoms with E-state index in [1.54, 1.807) is 6.08 Å². The highest BCUT2D eigenvalue weighted by Crippen LogP contribution is 2.01. The van der Waals surface area contributed by atoms with Gasteiger partial charge in [0.25, 0.3) is 0 Å². The fourth-order valence-electron chi connectivity index (χ4n) is 1.05. The van der Waals surface area contributed by atoms with Crippen LogP contribution in [0.2, 0.25) is 0 Å². The fourth-order valence-corrected chi connectivity index (χ4v) is 1.05. The number of hydrogen-bond donors (Lipinski definition) is 2. The summed E-state index contributed by atoms with van der Waals surface area (Å²) in [5.41, 5.74) is 0. The third-order valence-electron chi connectivity index (χ3n) is 1.66. The molecule has 1 aliphatic heterocycles. The van der Waals surface area contributed by atoms with Crippen LogP contribution in [0.3, 0.4) is 0 Å². The summed E-state index contributed by atoms with van der Waals surface area (Å²) >= 11 is 0. The summed E-state index contributed by atoms with van der Waals surface area (Å²) in [5.74, 6) is 0.742. The Balaban J connectivity index is 2.28. The lowest BCUT2D eigenvalue weighted by atomic mass is 10.2. The number of aliphatic imine (C=N–C) groups is 1. The van der Waals surface area contributed by atoms with Gasteiger partial charge in [0.2, 0.25) is 0 Å². The van der Waals surface area contributed by atoms with E-state index in [-0.39, 0.29) is 0 Å². The van der Waals surface area contributed by atoms with Crippen LogP contribution in [0.4, 0.5) is 0 Å². The van der Waals surface area contributed by atoms with Crippen LogP contribution >= 0.6 is 0 Å². The Morgan fingerprint density at radius 3 is 3.18 bits per heavy atom. The molecule has 0 spiro atoms. The minimum Gasteiger partial charge on any atom is -0.385 e. The number of allylic oxidation sites excluding steroid dienone is 1. The Bertz CT molecular complexity index is 165. The first kappa shape index (κ1) is 8.27. The molecule has 1 unspecified atom stereocenters. The number of amidine groups is 1. The maximum atomic E-state index is 9.44. The van der Waals surface area contributed by atoms with Gasteiger partial charge in [-0.3, -0.25) is 4.99 Å². The molecule has 3 heteroatoms. The van der Waals surface area contributed by atoms with Gasteiger partial charge in [0, 0.05) is 6.54 Å². The molecule has 0 saturated heterocycles. The molecule has 0 aromatic rings. The summed E-state index contributed by atoms with van der Waals surface area (Å²) in [6.07, 6.45) is 2.94. The average Bonchev–Trinajstić information content (AvgIpc) is 2.52. The number of hydrogen-bond acceptors (Lipinski definition) is 3. The first-order valence-corrected chi connectivity index (χ1v) is 3.92. The van der Waals surface area contributed by atoms with Gasteiger partial charge in [0.1, 0.15) is 11.9 Å². The molecule has 1 aliphatic rings. The first-order valence-electron chi connectivity index (χ1n) is 3.92. The van der Waals surface area contributed by atoms with Crippen molar-refractivity contribution in [1.29, 1.82) is 0 Å². The van der Waals surface area contributed by atoms with Gasteiger partial charge in [0.15, 0.2) is 0 Å². The molecule has 0 saturated carbocycles. The van der Waals surface area contributed by atoms with Crippen LogP contribution < -0.4 is 5.32 Å². The highest BCUT2D eigenvalue weighted by atomic mass is 16.3. The van der Waals surface area contributed by atoms with E-state index < -0.39 is 6.10 Å². The van der Waals surface area contributed by atoms with Crippen molar-refractivity contribution in [3.63, 3.8) is 0 Å². The zero-order valence-electron chi connectivity index (χ0n) is 6.58. The minimum atomic E-state index is -0.421. The van der Waals surface area contributed by atoms with Crippen molar-refractivity contribution in [3.05, 3.63) is 12.7 Å². The molecular formula is C8H14N2O. The van der Waals surface area contributed by atoms with Gasteiger partial charge in [-0.25, -0.2) is 0 Å². The Morgan fingerprint density at radius 1 is 1.82 bits per heavy atom. The molecule has 11 heavy (non-hydrogen) atoms. The molecule has 62 valence electrons. The molecule has 0 aromatic carbocycles. The topological polar surface area (TPSA) is 44.6 Å². The van der Waals surface area contributed by atoms with E-state index in [0.29, 0.717) is 0 Å². The second-order valence-corrected chi connectivity index (χ2v) is 2.58. The predicted octanol–water partition coefficient (Wildman–Crippen LogP) is 0.315. The van der Waals surface area contributed by atoms with Crippen molar-refractivity contribution in [2.75, 3.05) is 13.1 Å². The first-order chi connectivity index (χ1) is 5.34. The normalized spacial score (nSPS) is 18.8. The monoisotopic (exact) mass is 154 g/mol. The van der Waals surface area contributed by atoms with Gasteiger partial charge < -0.3 is 10.4 Å². The van der Waals surface area contributed by atoms with Crippen molar-refractivity contribution in [2.45, 2.75) is 18.9 Å². The van der Waals surface area contributed by atoms with Gasteiger partial charge in [-0.15, -0.1) is 6.58 Å². The van der Waals surface area contributed by atoms with Crippen molar-refractivity contribution in [2.24, 2.45) is 4.99 Å². The molecule has 0 aromatic heterocycles. The minimum absolute atomic E-state index is 0.421. The predicted molar refractivity (Wildman–Crippen MR) is 45.7 cm³/mol. The van der Waals surface area contributed by atoms with Gasteiger partial charge in [-0.1, -0.05) is 6.08 Å². The Labute approximate surface area is 66.8 Å². The average molecular weight is 154 g/mol. The third-order valence-corrected chi connectivity index (χ3v) is 1.66. The van der Waals surface area contributed by atoms with E-state index in [0.717, 1.165) is 31.8 Å². The van der Waals surface area contributed by atoms with Crippen LogP contribution in [-0.2, 0) is 0 Å². The van der Waals surface area contributed by atoms with Crippen molar-refractivity contribution in [1.82, 2.24) is 5.32 Å². The summed E-state index contributed by atoms with van der Waals surface area (Å²) in [7, 11) is 0. The lowest BCUT2D eigenvalue weighted by molar-refractivity contribution is 0.229. The molecule has 0 fully saturated rings. The molecule has 0 bridgehead atoms. The standard InChI is InChI=1S/C8H14N2O/c1-2-3-4-7(11)8-9-5-6-10-8/h2,7,11H,1,3-6H2,(H,9,10). The van der Waals surface area contributed by atoms with Gasteiger partial charge in [-0.05, 0) is 12.8 Å². The Kier molecular flexibility index (Phi) is 3.11. The van der Waals surface area contributed by atoms with Crippen LogP contribution in [0, 0.1) is 0 Å². The smallest absolute Gasteiger partial charge is 0.126 e. The number of rotatable bonds is 4. The van der Waals surface area contributed by atoms with Crippen molar-refractivity contribution >= 4 is 5.84 Å². The highest BCUT2D eigenvalue weighted by molar-refractivity contribution is 5.87. The quantitative estimate of drug-likeness (QED) is 0.573. The lowest BCUT2D eigenvalue weighted by Crippen LogP contribution is -2.30. The molecule has 3 nitrogen and oxygen atoms in total. The summed E-state index contributed by atoms with van der Waals surface area (Å²) < 4.78 is 0. The van der Waals surface area contributed by atoms with Crippen LogP contribution in [-0.4, -0.2) is 30.1 Å². The summed E-state index contributed by atoms with van der Waals surface area (Å²) in [6, 6.07) is 0. The molecule has 0 amide bonds. The lowest BCUT2D eigenvalue weighted by Gasteiger charge is -2.08. The summed E-state index contributed by atoms with van der Waals surface area (Å²) in [5, 5.41) is 12.5. The van der Waals surface area contributed by atoms with E-state index in [2.05, 4.69) is 16.9 Å². The molecule has 0 radical (unpaired) electrons. The molecule has 0 aliphatic carbocycles. The molecule has 1 heterocycles. The maximum absolute atomic E-state index is 9.44. The SMILES string of the molecule is C=CCCC(O)C1=NCCN1. The van der Waals surface area contributed by atoms with E-state index in [1.807, 2.05) is 0 Å². The van der Waals surface area contributed by atoms with Gasteiger partial charge in [-0.2, -0.15) is 0 Å². The van der Waals surface area contributed by atoms with Crippen molar-refractivity contribution in [3.8, 4) is 0 Å². The maximum Gasteiger partial charge on any atom is 0.126 e. The van der Waals surface area contributed by atoms with Crippen LogP contribution in [0.1, 0.15) is 12.8 Å². The van der Waals surface area contributed by atoms with Gasteiger partial charge >= 0.3 is 0 Å². The molecule has 1 atom stereocenters. The molecular weight excluding hydrogens is 140 g/mol.